The lowest BCUT2D eigenvalue weighted by atomic mass is 9.61. The zero-order valence-corrected chi connectivity index (χ0v) is 10.1. The highest BCUT2D eigenvalue weighted by atomic mass is 16.3. The van der Waals surface area contributed by atoms with Gasteiger partial charge in [0.2, 0.25) is 0 Å². The maximum Gasteiger partial charge on any atom is 0.123 e. The second-order valence-electron chi connectivity index (χ2n) is 5.62. The third kappa shape index (κ3) is 1.28. The van der Waals surface area contributed by atoms with Gasteiger partial charge in [-0.1, -0.05) is 37.6 Å². The number of aliphatic hydroxyl groups is 1. The highest BCUT2D eigenvalue weighted by Crippen LogP contribution is 2.62. The van der Waals surface area contributed by atoms with Crippen LogP contribution in [0.4, 0.5) is 0 Å². The van der Waals surface area contributed by atoms with Crippen LogP contribution in [0, 0.1) is 11.3 Å². The topological polar surface area (TPSA) is 37.3 Å². The SMILES string of the molecule is CC12C(C=O)CCCC1c1ccccc1C2O. The van der Waals surface area contributed by atoms with Gasteiger partial charge < -0.3 is 9.90 Å². The normalized spacial score (nSPS) is 39.5. The molecule has 1 fully saturated rings. The maximum atomic E-state index is 11.3. The summed E-state index contributed by atoms with van der Waals surface area (Å²) in [6.45, 7) is 2.08. The van der Waals surface area contributed by atoms with Crippen LogP contribution in [0.2, 0.25) is 0 Å². The molecule has 2 heteroatoms. The fourth-order valence-corrected chi connectivity index (χ4v) is 3.93. The van der Waals surface area contributed by atoms with Crippen molar-refractivity contribution in [3.63, 3.8) is 0 Å². The quantitative estimate of drug-likeness (QED) is 0.753. The Labute approximate surface area is 102 Å². The molecule has 90 valence electrons. The van der Waals surface area contributed by atoms with Crippen molar-refractivity contribution in [1.82, 2.24) is 0 Å². The third-order valence-corrected chi connectivity index (χ3v) is 4.98. The van der Waals surface area contributed by atoms with Gasteiger partial charge in [-0.25, -0.2) is 0 Å². The average Bonchev–Trinajstić information content (AvgIpc) is 2.59. The van der Waals surface area contributed by atoms with Crippen molar-refractivity contribution in [2.45, 2.75) is 38.2 Å². The molecule has 0 aliphatic heterocycles. The lowest BCUT2D eigenvalue weighted by Crippen LogP contribution is -2.38. The number of fused-ring (bicyclic) bond motifs is 3. The molecule has 4 atom stereocenters. The van der Waals surface area contributed by atoms with E-state index in [2.05, 4.69) is 13.0 Å². The summed E-state index contributed by atoms with van der Waals surface area (Å²) >= 11 is 0. The van der Waals surface area contributed by atoms with E-state index in [0.717, 1.165) is 31.1 Å². The van der Waals surface area contributed by atoms with Gasteiger partial charge in [-0.3, -0.25) is 0 Å². The van der Waals surface area contributed by atoms with E-state index in [-0.39, 0.29) is 11.3 Å². The Kier molecular flexibility index (Phi) is 2.37. The summed E-state index contributed by atoms with van der Waals surface area (Å²) in [4.78, 5) is 11.3. The minimum atomic E-state index is -0.487. The van der Waals surface area contributed by atoms with Crippen molar-refractivity contribution in [3.05, 3.63) is 35.4 Å². The van der Waals surface area contributed by atoms with Crippen LogP contribution in [0.15, 0.2) is 24.3 Å². The first-order valence-corrected chi connectivity index (χ1v) is 6.41. The van der Waals surface area contributed by atoms with Crippen molar-refractivity contribution >= 4 is 6.29 Å². The van der Waals surface area contributed by atoms with Crippen LogP contribution in [0.5, 0.6) is 0 Å². The van der Waals surface area contributed by atoms with Crippen molar-refractivity contribution in [3.8, 4) is 0 Å². The van der Waals surface area contributed by atoms with E-state index in [9.17, 15) is 9.90 Å². The van der Waals surface area contributed by atoms with E-state index in [1.165, 1.54) is 5.56 Å². The highest BCUT2D eigenvalue weighted by Gasteiger charge is 2.54. The first kappa shape index (κ1) is 11.0. The summed E-state index contributed by atoms with van der Waals surface area (Å²) in [7, 11) is 0. The summed E-state index contributed by atoms with van der Waals surface area (Å²) < 4.78 is 0. The largest absolute Gasteiger partial charge is 0.388 e. The number of aldehydes is 1. The Bertz CT molecular complexity index is 454. The fraction of sp³-hybridized carbons (Fsp3) is 0.533. The van der Waals surface area contributed by atoms with Crippen LogP contribution in [0.3, 0.4) is 0 Å². The van der Waals surface area contributed by atoms with Gasteiger partial charge in [-0.05, 0) is 29.9 Å². The number of rotatable bonds is 1. The van der Waals surface area contributed by atoms with E-state index in [4.69, 9.17) is 0 Å². The van der Waals surface area contributed by atoms with E-state index in [0.29, 0.717) is 5.92 Å². The monoisotopic (exact) mass is 230 g/mol. The molecule has 2 aliphatic carbocycles. The first-order chi connectivity index (χ1) is 8.19. The van der Waals surface area contributed by atoms with E-state index in [1.54, 1.807) is 0 Å². The van der Waals surface area contributed by atoms with Gasteiger partial charge in [0.25, 0.3) is 0 Å². The van der Waals surface area contributed by atoms with E-state index >= 15 is 0 Å². The second-order valence-corrected chi connectivity index (χ2v) is 5.62. The minimum absolute atomic E-state index is 0.0105. The molecule has 1 aromatic carbocycles. The van der Waals surface area contributed by atoms with Crippen LogP contribution in [0.1, 0.15) is 49.3 Å². The van der Waals surface area contributed by atoms with Crippen molar-refractivity contribution in [2.24, 2.45) is 11.3 Å². The molecule has 1 aromatic rings. The highest BCUT2D eigenvalue weighted by molar-refractivity contribution is 5.58. The molecule has 0 saturated heterocycles. The van der Waals surface area contributed by atoms with Gasteiger partial charge >= 0.3 is 0 Å². The number of aliphatic hydroxyl groups excluding tert-OH is 1. The lowest BCUT2D eigenvalue weighted by molar-refractivity contribution is -0.122. The van der Waals surface area contributed by atoms with Gasteiger partial charge in [-0.2, -0.15) is 0 Å². The number of benzene rings is 1. The Hall–Kier alpha value is -1.15. The molecule has 2 aliphatic rings. The Morgan fingerprint density at radius 3 is 2.71 bits per heavy atom. The van der Waals surface area contributed by atoms with Gasteiger partial charge in [0.05, 0.1) is 6.10 Å². The molecule has 1 saturated carbocycles. The van der Waals surface area contributed by atoms with Crippen LogP contribution in [-0.2, 0) is 4.79 Å². The fourth-order valence-electron chi connectivity index (χ4n) is 3.93. The molecule has 3 rings (SSSR count). The number of carbonyl (C=O) groups excluding carboxylic acids is 1. The van der Waals surface area contributed by atoms with Crippen LogP contribution in [0.25, 0.3) is 0 Å². The molecule has 1 N–H and O–H groups in total. The van der Waals surface area contributed by atoms with Gasteiger partial charge in [-0.15, -0.1) is 0 Å². The molecular weight excluding hydrogens is 212 g/mol. The molecular formula is C15H18O2. The number of hydrogen-bond donors (Lipinski definition) is 1. The molecule has 2 nitrogen and oxygen atoms in total. The van der Waals surface area contributed by atoms with Crippen LogP contribution < -0.4 is 0 Å². The Morgan fingerprint density at radius 1 is 1.29 bits per heavy atom. The Balaban J connectivity index is 2.14. The molecule has 0 bridgehead atoms. The summed E-state index contributed by atoms with van der Waals surface area (Å²) in [6.07, 6.45) is 3.67. The van der Waals surface area contributed by atoms with Crippen molar-refractivity contribution < 1.29 is 9.90 Å². The van der Waals surface area contributed by atoms with Crippen molar-refractivity contribution in [1.29, 1.82) is 0 Å². The second kappa shape index (κ2) is 3.67. The predicted molar refractivity (Wildman–Crippen MR) is 65.7 cm³/mol. The summed E-state index contributed by atoms with van der Waals surface area (Å²) in [5.41, 5.74) is 2.01. The Morgan fingerprint density at radius 2 is 2.00 bits per heavy atom. The molecule has 0 amide bonds. The standard InChI is InChI=1S/C15H18O2/c1-15-10(9-16)5-4-8-13(15)11-6-2-3-7-12(11)14(15)17/h2-3,6-7,9-10,13-14,17H,4-5,8H2,1H3. The number of hydrogen-bond acceptors (Lipinski definition) is 2. The first-order valence-electron chi connectivity index (χ1n) is 6.41. The molecule has 0 heterocycles. The number of carbonyl (C=O) groups is 1. The molecule has 0 aromatic heterocycles. The average molecular weight is 230 g/mol. The molecule has 17 heavy (non-hydrogen) atoms. The van der Waals surface area contributed by atoms with Crippen molar-refractivity contribution in [2.75, 3.05) is 0 Å². The van der Waals surface area contributed by atoms with E-state index in [1.807, 2.05) is 18.2 Å². The summed E-state index contributed by atoms with van der Waals surface area (Å²) in [5.74, 6) is 0.335. The molecule has 4 unspecified atom stereocenters. The summed E-state index contributed by atoms with van der Waals surface area (Å²) in [5, 5.41) is 10.6. The van der Waals surface area contributed by atoms with Crippen LogP contribution >= 0.6 is 0 Å². The zero-order valence-electron chi connectivity index (χ0n) is 10.1. The minimum Gasteiger partial charge on any atom is -0.388 e. The summed E-state index contributed by atoms with van der Waals surface area (Å²) in [6, 6.07) is 8.12. The zero-order chi connectivity index (χ0) is 12.0. The van der Waals surface area contributed by atoms with Crippen LogP contribution in [-0.4, -0.2) is 11.4 Å². The van der Waals surface area contributed by atoms with Gasteiger partial charge in [0.1, 0.15) is 6.29 Å². The molecule has 0 spiro atoms. The lowest BCUT2D eigenvalue weighted by Gasteiger charge is -2.43. The molecule has 0 radical (unpaired) electrons. The smallest absolute Gasteiger partial charge is 0.123 e. The van der Waals surface area contributed by atoms with E-state index < -0.39 is 6.10 Å². The van der Waals surface area contributed by atoms with Gasteiger partial charge in [0, 0.05) is 11.3 Å². The maximum absolute atomic E-state index is 11.3. The third-order valence-electron chi connectivity index (χ3n) is 4.98. The predicted octanol–water partition coefficient (Wildman–Crippen LogP) is 2.82. The van der Waals surface area contributed by atoms with Gasteiger partial charge in [0.15, 0.2) is 0 Å².